The second-order valence-corrected chi connectivity index (χ2v) is 2.52. The molecule has 0 spiro atoms. The maximum absolute atomic E-state index is 3.15. The van der Waals surface area contributed by atoms with Gasteiger partial charge in [0.2, 0.25) is 0 Å². The van der Waals surface area contributed by atoms with Crippen molar-refractivity contribution in [3.05, 3.63) is 36.5 Å². The molecule has 0 heteroatoms. The maximum atomic E-state index is 3.15. The fourth-order valence-corrected chi connectivity index (χ4v) is 1.26. The van der Waals surface area contributed by atoms with Crippen molar-refractivity contribution in [2.24, 2.45) is 11.8 Å². The second-order valence-electron chi connectivity index (χ2n) is 2.52. The number of rotatable bonds is 0. The van der Waals surface area contributed by atoms with E-state index >= 15 is 0 Å². The molecule has 2 aliphatic rings. The fourth-order valence-electron chi connectivity index (χ4n) is 1.26. The monoisotopic (exact) mass is 128 g/mol. The zero-order valence-electron chi connectivity index (χ0n) is 5.62. The molecule has 0 aromatic rings. The summed E-state index contributed by atoms with van der Waals surface area (Å²) in [5.74, 6) is 7.09. The molecule has 0 saturated heterocycles. The lowest BCUT2D eigenvalue weighted by atomic mass is 9.87. The predicted molar refractivity (Wildman–Crippen MR) is 42.2 cm³/mol. The summed E-state index contributed by atoms with van der Waals surface area (Å²) in [5.41, 5.74) is 0. The third kappa shape index (κ3) is 0.804. The summed E-state index contributed by atoms with van der Waals surface area (Å²) in [7, 11) is 0. The molecule has 2 rings (SSSR count). The Morgan fingerprint density at radius 1 is 1.00 bits per heavy atom. The summed E-state index contributed by atoms with van der Waals surface area (Å²) in [6.45, 7) is 0. The van der Waals surface area contributed by atoms with Crippen molar-refractivity contribution in [2.45, 2.75) is 0 Å². The van der Waals surface area contributed by atoms with Gasteiger partial charge in [0.25, 0.3) is 0 Å². The maximum Gasteiger partial charge on any atom is 0.0487 e. The van der Waals surface area contributed by atoms with E-state index in [1.165, 1.54) is 0 Å². The summed E-state index contributed by atoms with van der Waals surface area (Å²) in [4.78, 5) is 0. The van der Waals surface area contributed by atoms with Gasteiger partial charge in [-0.05, 0) is 6.08 Å². The third-order valence-corrected chi connectivity index (χ3v) is 1.83. The molecule has 48 valence electrons. The summed E-state index contributed by atoms with van der Waals surface area (Å²) >= 11 is 0. The molecule has 0 N–H and O–H groups in total. The van der Waals surface area contributed by atoms with Gasteiger partial charge in [0.1, 0.15) is 0 Å². The number of hydrogen-bond acceptors (Lipinski definition) is 0. The Labute approximate surface area is 60.9 Å². The Morgan fingerprint density at radius 2 is 1.90 bits per heavy atom. The van der Waals surface area contributed by atoms with Crippen molar-refractivity contribution < 1.29 is 0 Å². The Morgan fingerprint density at radius 3 is 2.80 bits per heavy atom. The molecular formula is C10H8. The van der Waals surface area contributed by atoms with E-state index in [4.69, 9.17) is 0 Å². The molecule has 0 aromatic carbocycles. The molecule has 2 atom stereocenters. The van der Waals surface area contributed by atoms with Crippen LogP contribution < -0.4 is 0 Å². The molecule has 10 heavy (non-hydrogen) atoms. The minimum absolute atomic E-state index is 0.440. The van der Waals surface area contributed by atoms with Crippen LogP contribution in [0.3, 0.4) is 0 Å². The summed E-state index contributed by atoms with van der Waals surface area (Å²) in [6, 6.07) is 0. The van der Waals surface area contributed by atoms with Crippen molar-refractivity contribution >= 4 is 0 Å². The third-order valence-electron chi connectivity index (χ3n) is 1.83. The Hall–Kier alpha value is -1.22. The van der Waals surface area contributed by atoms with Crippen LogP contribution in [-0.4, -0.2) is 0 Å². The Bertz CT molecular complexity index is 268. The largest absolute Gasteiger partial charge is 0.0900 e. The first-order chi connectivity index (χ1) is 4.97. The number of allylic oxidation sites excluding steroid dienone is 6. The lowest BCUT2D eigenvalue weighted by Crippen LogP contribution is -2.09. The fraction of sp³-hybridized carbons (Fsp3) is 0.200. The highest BCUT2D eigenvalue weighted by atomic mass is 14.2. The molecule has 0 amide bonds. The van der Waals surface area contributed by atoms with Gasteiger partial charge in [-0.3, -0.25) is 0 Å². The van der Waals surface area contributed by atoms with Crippen LogP contribution in [0, 0.1) is 23.7 Å². The van der Waals surface area contributed by atoms with Crippen molar-refractivity contribution in [1.29, 1.82) is 0 Å². The minimum Gasteiger partial charge on any atom is -0.0900 e. The normalized spacial score (nSPS) is 32.8. The molecule has 0 aromatic heterocycles. The van der Waals surface area contributed by atoms with Crippen LogP contribution in [0.25, 0.3) is 0 Å². The molecule has 0 saturated carbocycles. The molecule has 2 aliphatic carbocycles. The Balaban J connectivity index is 2.33. The van der Waals surface area contributed by atoms with Crippen molar-refractivity contribution in [3.63, 3.8) is 0 Å². The summed E-state index contributed by atoms with van der Waals surface area (Å²) in [5, 5.41) is 0. The van der Waals surface area contributed by atoms with Gasteiger partial charge in [-0.15, -0.1) is 0 Å². The highest BCUT2D eigenvalue weighted by Crippen LogP contribution is 2.21. The van der Waals surface area contributed by atoms with Crippen molar-refractivity contribution in [1.82, 2.24) is 0 Å². The minimum atomic E-state index is 0.440. The predicted octanol–water partition coefficient (Wildman–Crippen LogP) is 1.92. The highest BCUT2D eigenvalue weighted by molar-refractivity contribution is 5.33. The zero-order chi connectivity index (χ0) is 6.81. The molecule has 0 fully saturated rings. The van der Waals surface area contributed by atoms with E-state index in [1.807, 2.05) is 6.08 Å². The molecule has 0 unspecified atom stereocenters. The van der Waals surface area contributed by atoms with Gasteiger partial charge in [0.15, 0.2) is 0 Å². The van der Waals surface area contributed by atoms with E-state index in [1.54, 1.807) is 0 Å². The average molecular weight is 128 g/mol. The molecule has 0 aliphatic heterocycles. The Kier molecular flexibility index (Phi) is 1.22. The van der Waals surface area contributed by atoms with E-state index in [9.17, 15) is 0 Å². The van der Waals surface area contributed by atoms with Crippen molar-refractivity contribution in [2.75, 3.05) is 0 Å². The van der Waals surface area contributed by atoms with Crippen LogP contribution in [0.15, 0.2) is 36.5 Å². The summed E-state index contributed by atoms with van der Waals surface area (Å²) < 4.78 is 0. The standard InChI is InChI=1S/C10H8/c1-2-6-10-8-4-3-7-9(10)5-1/h1-3,5-7,9-10H/t9-,10-/m0/s1. The first-order valence-corrected chi connectivity index (χ1v) is 3.49. The second kappa shape index (κ2) is 2.19. The van der Waals surface area contributed by atoms with Gasteiger partial charge in [-0.2, -0.15) is 0 Å². The molecule has 0 heterocycles. The average Bonchev–Trinajstić information content (AvgIpc) is 2.05. The first-order valence-electron chi connectivity index (χ1n) is 3.49. The molecule has 0 radical (unpaired) electrons. The quantitative estimate of drug-likeness (QED) is 0.437. The summed E-state index contributed by atoms with van der Waals surface area (Å²) in [6.07, 6.45) is 12.6. The van der Waals surface area contributed by atoms with Gasteiger partial charge >= 0.3 is 0 Å². The van der Waals surface area contributed by atoms with E-state index in [-0.39, 0.29) is 0 Å². The topological polar surface area (TPSA) is 0 Å². The molecular weight excluding hydrogens is 120 g/mol. The highest BCUT2D eigenvalue weighted by Gasteiger charge is 2.14. The number of hydrogen-bond donors (Lipinski definition) is 0. The van der Waals surface area contributed by atoms with E-state index in [0.29, 0.717) is 11.8 Å². The van der Waals surface area contributed by atoms with Gasteiger partial charge in [-0.25, -0.2) is 0 Å². The van der Waals surface area contributed by atoms with E-state index in [0.717, 1.165) is 0 Å². The smallest absolute Gasteiger partial charge is 0.0487 e. The van der Waals surface area contributed by atoms with E-state index in [2.05, 4.69) is 42.2 Å². The van der Waals surface area contributed by atoms with Crippen LogP contribution in [0.5, 0.6) is 0 Å². The molecule has 0 nitrogen and oxygen atoms in total. The van der Waals surface area contributed by atoms with Gasteiger partial charge in [-0.1, -0.05) is 42.2 Å². The van der Waals surface area contributed by atoms with Crippen LogP contribution in [0.2, 0.25) is 0 Å². The number of fused-ring (bicyclic) bond motifs is 1. The van der Waals surface area contributed by atoms with E-state index < -0.39 is 0 Å². The van der Waals surface area contributed by atoms with Crippen LogP contribution >= 0.6 is 0 Å². The lowest BCUT2D eigenvalue weighted by Gasteiger charge is -2.16. The van der Waals surface area contributed by atoms with Gasteiger partial charge in [0, 0.05) is 11.8 Å². The SMILES string of the molecule is C1#C[C@@H]2C=CC=C[C@H]2C=C1. The van der Waals surface area contributed by atoms with Crippen LogP contribution in [-0.2, 0) is 0 Å². The molecule has 0 bridgehead atoms. The van der Waals surface area contributed by atoms with Crippen LogP contribution in [0.4, 0.5) is 0 Å². The van der Waals surface area contributed by atoms with Crippen LogP contribution in [0.1, 0.15) is 0 Å². The van der Waals surface area contributed by atoms with Gasteiger partial charge in [0.05, 0.1) is 0 Å². The first kappa shape index (κ1) is 5.56. The van der Waals surface area contributed by atoms with Gasteiger partial charge < -0.3 is 0 Å². The zero-order valence-corrected chi connectivity index (χ0v) is 5.62. The van der Waals surface area contributed by atoms with Crippen molar-refractivity contribution in [3.8, 4) is 11.8 Å². The lowest BCUT2D eigenvalue weighted by molar-refractivity contribution is 0.684.